The van der Waals surface area contributed by atoms with Gasteiger partial charge in [0.05, 0.1) is 18.4 Å². The molecule has 0 aromatic carbocycles. The van der Waals surface area contributed by atoms with Gasteiger partial charge in [0, 0.05) is 13.0 Å². The van der Waals surface area contributed by atoms with Gasteiger partial charge in [0.2, 0.25) is 0 Å². The lowest BCUT2D eigenvalue weighted by atomic mass is 10.4. The third-order valence-corrected chi connectivity index (χ3v) is 2.65. The molecule has 92 valence electrons. The summed E-state index contributed by atoms with van der Waals surface area (Å²) in [5.41, 5.74) is 0. The number of esters is 1. The van der Waals surface area contributed by atoms with Crippen molar-refractivity contribution >= 4 is 17.7 Å². The van der Waals surface area contributed by atoms with Crippen LogP contribution in [-0.2, 0) is 14.3 Å². The molecule has 4 nitrogen and oxygen atoms in total. The normalized spacial score (nSPS) is 9.75. The van der Waals surface area contributed by atoms with E-state index in [0.717, 1.165) is 18.6 Å². The highest BCUT2D eigenvalue weighted by atomic mass is 32.2. The molecule has 0 aromatic heterocycles. The van der Waals surface area contributed by atoms with Crippen molar-refractivity contribution in [2.45, 2.75) is 26.2 Å². The summed E-state index contributed by atoms with van der Waals surface area (Å²) < 4.78 is 10.1. The maximum absolute atomic E-state index is 11.1. The Morgan fingerprint density at radius 2 is 2.19 bits per heavy atom. The maximum atomic E-state index is 11.1. The number of nitrogens with zero attached hydrogens (tertiary/aromatic N) is 1. The fourth-order valence-corrected chi connectivity index (χ4v) is 1.65. The average molecular weight is 245 g/mol. The number of unbranched alkanes of at least 4 members (excludes halogenated alkanes) is 1. The fourth-order valence-electron chi connectivity index (χ4n) is 0.911. The van der Waals surface area contributed by atoms with Crippen molar-refractivity contribution in [1.82, 2.24) is 0 Å². The minimum atomic E-state index is -0.206. The molecule has 0 aliphatic rings. The van der Waals surface area contributed by atoms with E-state index in [0.29, 0.717) is 32.0 Å². The Labute approximate surface area is 101 Å². The van der Waals surface area contributed by atoms with Crippen LogP contribution in [0.15, 0.2) is 0 Å². The fraction of sp³-hybridized carbons (Fsp3) is 0.818. The lowest BCUT2D eigenvalue weighted by Gasteiger charge is -2.04. The highest BCUT2D eigenvalue weighted by Gasteiger charge is 2.02. The van der Waals surface area contributed by atoms with Crippen molar-refractivity contribution in [3.8, 4) is 6.07 Å². The first-order valence-electron chi connectivity index (χ1n) is 5.49. The minimum absolute atomic E-state index is 0.206. The van der Waals surface area contributed by atoms with Crippen molar-refractivity contribution in [2.24, 2.45) is 0 Å². The quantitative estimate of drug-likeness (QED) is 0.435. The number of carbonyl (C=O) groups is 1. The number of hydrogen-bond donors (Lipinski definition) is 0. The molecular weight excluding hydrogens is 226 g/mol. The second-order valence-corrected chi connectivity index (χ2v) is 4.25. The van der Waals surface area contributed by atoms with Gasteiger partial charge in [-0.2, -0.15) is 17.0 Å². The van der Waals surface area contributed by atoms with E-state index in [4.69, 9.17) is 14.7 Å². The third-order valence-electron chi connectivity index (χ3n) is 1.64. The van der Waals surface area contributed by atoms with E-state index < -0.39 is 0 Å². The van der Waals surface area contributed by atoms with Crippen LogP contribution in [-0.4, -0.2) is 37.3 Å². The molecule has 0 aromatic rings. The van der Waals surface area contributed by atoms with Crippen molar-refractivity contribution in [3.63, 3.8) is 0 Å². The number of nitriles is 1. The van der Waals surface area contributed by atoms with E-state index in [1.54, 1.807) is 0 Å². The molecule has 0 saturated carbocycles. The van der Waals surface area contributed by atoms with Gasteiger partial charge >= 0.3 is 5.97 Å². The molecule has 0 fully saturated rings. The predicted octanol–water partition coefficient (Wildman–Crippen LogP) is 1.99. The Morgan fingerprint density at radius 1 is 1.38 bits per heavy atom. The van der Waals surface area contributed by atoms with Crippen LogP contribution < -0.4 is 0 Å². The van der Waals surface area contributed by atoms with Gasteiger partial charge in [0.25, 0.3) is 0 Å². The molecule has 0 radical (unpaired) electrons. The summed E-state index contributed by atoms with van der Waals surface area (Å²) in [5, 5.41) is 8.30. The van der Waals surface area contributed by atoms with Crippen LogP contribution in [0.25, 0.3) is 0 Å². The van der Waals surface area contributed by atoms with E-state index in [2.05, 4.69) is 6.07 Å². The molecule has 0 amide bonds. The van der Waals surface area contributed by atoms with Crippen molar-refractivity contribution in [3.05, 3.63) is 0 Å². The topological polar surface area (TPSA) is 59.3 Å². The van der Waals surface area contributed by atoms with Gasteiger partial charge in [-0.15, -0.1) is 0 Å². The summed E-state index contributed by atoms with van der Waals surface area (Å²) in [6.07, 6.45) is 2.35. The number of ether oxygens (including phenoxy) is 2. The van der Waals surface area contributed by atoms with E-state index >= 15 is 0 Å². The van der Waals surface area contributed by atoms with Crippen LogP contribution in [0.1, 0.15) is 26.2 Å². The third kappa shape index (κ3) is 11.3. The van der Waals surface area contributed by atoms with Crippen molar-refractivity contribution < 1.29 is 14.3 Å². The molecule has 0 saturated heterocycles. The lowest BCUT2D eigenvalue weighted by molar-refractivity contribution is -0.141. The van der Waals surface area contributed by atoms with Gasteiger partial charge in [-0.25, -0.2) is 0 Å². The molecule has 0 N–H and O–H groups in total. The summed E-state index contributed by atoms with van der Waals surface area (Å²) in [5.74, 6) is 0.982. The van der Waals surface area contributed by atoms with Crippen LogP contribution in [0.5, 0.6) is 0 Å². The van der Waals surface area contributed by atoms with Crippen molar-refractivity contribution in [2.75, 3.05) is 31.3 Å². The molecule has 0 heterocycles. The summed E-state index contributed by atoms with van der Waals surface area (Å²) >= 11 is 1.50. The van der Waals surface area contributed by atoms with Crippen LogP contribution in [0.3, 0.4) is 0 Å². The molecule has 0 rings (SSSR count). The largest absolute Gasteiger partial charge is 0.463 e. The maximum Gasteiger partial charge on any atom is 0.315 e. The summed E-state index contributed by atoms with van der Waals surface area (Å²) in [6.45, 7) is 3.54. The molecule has 5 heteroatoms. The number of carbonyl (C=O) groups excluding carboxylic acids is 1. The van der Waals surface area contributed by atoms with Gasteiger partial charge in [-0.3, -0.25) is 4.79 Å². The van der Waals surface area contributed by atoms with E-state index in [1.807, 2.05) is 6.92 Å². The molecule has 0 atom stereocenters. The van der Waals surface area contributed by atoms with Crippen LogP contribution >= 0.6 is 11.8 Å². The molecule has 0 aliphatic heterocycles. The molecule has 0 aliphatic carbocycles. The van der Waals surface area contributed by atoms with Gasteiger partial charge in [-0.1, -0.05) is 6.92 Å². The van der Waals surface area contributed by atoms with Crippen molar-refractivity contribution in [1.29, 1.82) is 5.26 Å². The van der Waals surface area contributed by atoms with E-state index in [-0.39, 0.29) is 5.97 Å². The molecule has 0 unspecified atom stereocenters. The Bertz CT molecular complexity index is 216. The Morgan fingerprint density at radius 3 is 2.88 bits per heavy atom. The molecular formula is C11H19NO3S. The highest BCUT2D eigenvalue weighted by molar-refractivity contribution is 7.99. The van der Waals surface area contributed by atoms with Gasteiger partial charge < -0.3 is 9.47 Å². The summed E-state index contributed by atoms with van der Waals surface area (Å²) in [4.78, 5) is 11.1. The molecule has 0 spiro atoms. The smallest absolute Gasteiger partial charge is 0.315 e. The van der Waals surface area contributed by atoms with Crippen LogP contribution in [0, 0.1) is 11.3 Å². The van der Waals surface area contributed by atoms with E-state index in [1.165, 1.54) is 11.8 Å². The second kappa shape index (κ2) is 12.3. The Hall–Kier alpha value is -0.730. The zero-order valence-corrected chi connectivity index (χ0v) is 10.6. The number of thioether (sulfide) groups is 1. The summed E-state index contributed by atoms with van der Waals surface area (Å²) in [7, 11) is 0. The number of hydrogen-bond acceptors (Lipinski definition) is 5. The predicted molar refractivity (Wildman–Crippen MR) is 64.2 cm³/mol. The average Bonchev–Trinajstić information content (AvgIpc) is 2.28. The highest BCUT2D eigenvalue weighted by Crippen LogP contribution is 2.04. The van der Waals surface area contributed by atoms with Crippen LogP contribution in [0.2, 0.25) is 0 Å². The monoisotopic (exact) mass is 245 g/mol. The zero-order valence-electron chi connectivity index (χ0n) is 9.74. The Balaban J connectivity index is 3.16. The summed E-state index contributed by atoms with van der Waals surface area (Å²) in [6, 6.07) is 2.06. The SMILES string of the molecule is CCCOCCOC(=O)CSCCCC#N. The first-order chi connectivity index (χ1) is 7.81. The van der Waals surface area contributed by atoms with Gasteiger partial charge in [0.1, 0.15) is 6.61 Å². The standard InChI is InChI=1S/C11H19NO3S/c1-2-6-14-7-8-15-11(13)10-16-9-4-3-5-12/h2-4,6-10H2,1H3. The zero-order chi connectivity index (χ0) is 12.1. The minimum Gasteiger partial charge on any atom is -0.463 e. The number of rotatable bonds is 10. The Kier molecular flexibility index (Phi) is 11.8. The molecule has 16 heavy (non-hydrogen) atoms. The van der Waals surface area contributed by atoms with Gasteiger partial charge in [0.15, 0.2) is 0 Å². The van der Waals surface area contributed by atoms with Crippen LogP contribution in [0.4, 0.5) is 0 Å². The van der Waals surface area contributed by atoms with E-state index in [9.17, 15) is 4.79 Å². The second-order valence-electron chi connectivity index (χ2n) is 3.15. The first kappa shape index (κ1) is 15.3. The first-order valence-corrected chi connectivity index (χ1v) is 6.64. The van der Waals surface area contributed by atoms with Gasteiger partial charge in [-0.05, 0) is 18.6 Å². The lowest BCUT2D eigenvalue weighted by Crippen LogP contribution is -2.12. The molecule has 0 bridgehead atoms.